The van der Waals surface area contributed by atoms with E-state index in [0.29, 0.717) is 10.8 Å². The SMILES string of the molecule is NC(=O)c1cc(Cl)ccc1OCc1ccc(F)cc1. The van der Waals surface area contributed by atoms with Crippen LogP contribution in [-0.4, -0.2) is 5.91 Å². The molecule has 2 rings (SSSR count). The minimum absolute atomic E-state index is 0.211. The van der Waals surface area contributed by atoms with E-state index in [2.05, 4.69) is 0 Å². The molecule has 19 heavy (non-hydrogen) atoms. The quantitative estimate of drug-likeness (QED) is 0.935. The molecule has 0 heterocycles. The van der Waals surface area contributed by atoms with Crippen LogP contribution in [0.25, 0.3) is 0 Å². The molecule has 0 spiro atoms. The lowest BCUT2D eigenvalue weighted by atomic mass is 10.2. The van der Waals surface area contributed by atoms with Gasteiger partial charge in [0, 0.05) is 5.02 Å². The lowest BCUT2D eigenvalue weighted by Gasteiger charge is -2.10. The summed E-state index contributed by atoms with van der Waals surface area (Å²) < 4.78 is 18.2. The molecule has 3 nitrogen and oxygen atoms in total. The molecule has 0 aliphatic carbocycles. The normalized spacial score (nSPS) is 10.2. The fourth-order valence-electron chi connectivity index (χ4n) is 1.56. The number of halogens is 2. The van der Waals surface area contributed by atoms with Gasteiger partial charge >= 0.3 is 0 Å². The van der Waals surface area contributed by atoms with Gasteiger partial charge in [0.1, 0.15) is 18.2 Å². The molecule has 0 saturated heterocycles. The Morgan fingerprint density at radius 2 is 1.89 bits per heavy atom. The zero-order chi connectivity index (χ0) is 13.8. The topological polar surface area (TPSA) is 52.3 Å². The van der Waals surface area contributed by atoms with Crippen molar-refractivity contribution in [3.63, 3.8) is 0 Å². The van der Waals surface area contributed by atoms with Gasteiger partial charge in [0.2, 0.25) is 0 Å². The zero-order valence-electron chi connectivity index (χ0n) is 9.90. The van der Waals surface area contributed by atoms with Crippen LogP contribution in [0.5, 0.6) is 5.75 Å². The van der Waals surface area contributed by atoms with Crippen molar-refractivity contribution in [2.75, 3.05) is 0 Å². The van der Waals surface area contributed by atoms with Crippen LogP contribution >= 0.6 is 11.6 Å². The van der Waals surface area contributed by atoms with Crippen LogP contribution in [0, 0.1) is 5.82 Å². The third kappa shape index (κ3) is 3.45. The molecule has 98 valence electrons. The monoisotopic (exact) mass is 279 g/mol. The predicted molar refractivity (Wildman–Crippen MR) is 70.7 cm³/mol. The number of primary amides is 1. The van der Waals surface area contributed by atoms with Crippen molar-refractivity contribution in [2.24, 2.45) is 5.73 Å². The summed E-state index contributed by atoms with van der Waals surface area (Å²) in [7, 11) is 0. The molecule has 2 aromatic carbocycles. The maximum absolute atomic E-state index is 12.7. The van der Waals surface area contributed by atoms with E-state index in [4.69, 9.17) is 22.1 Å². The lowest BCUT2D eigenvalue weighted by Crippen LogP contribution is -2.13. The number of ether oxygens (including phenoxy) is 1. The molecule has 0 fully saturated rings. The minimum Gasteiger partial charge on any atom is -0.488 e. The summed E-state index contributed by atoms with van der Waals surface area (Å²) in [6.45, 7) is 0.211. The zero-order valence-corrected chi connectivity index (χ0v) is 10.7. The van der Waals surface area contributed by atoms with Crippen LogP contribution in [0.4, 0.5) is 4.39 Å². The van der Waals surface area contributed by atoms with Crippen LogP contribution in [0.1, 0.15) is 15.9 Å². The maximum atomic E-state index is 12.7. The third-order valence-electron chi connectivity index (χ3n) is 2.51. The van der Waals surface area contributed by atoms with Gasteiger partial charge in [0.25, 0.3) is 5.91 Å². The van der Waals surface area contributed by atoms with E-state index in [9.17, 15) is 9.18 Å². The van der Waals surface area contributed by atoms with Gasteiger partial charge in [-0.25, -0.2) is 4.39 Å². The standard InChI is InChI=1S/C14H11ClFNO2/c15-10-3-6-13(12(7-10)14(17)18)19-8-9-1-4-11(16)5-2-9/h1-7H,8H2,(H2,17,18). The Hall–Kier alpha value is -2.07. The second-order valence-electron chi connectivity index (χ2n) is 3.92. The van der Waals surface area contributed by atoms with Crippen molar-refractivity contribution in [3.05, 3.63) is 64.4 Å². The van der Waals surface area contributed by atoms with Crippen LogP contribution in [0.3, 0.4) is 0 Å². The Kier molecular flexibility index (Phi) is 4.02. The molecule has 2 N–H and O–H groups in total. The van der Waals surface area contributed by atoms with Gasteiger partial charge in [-0.15, -0.1) is 0 Å². The molecule has 0 aliphatic rings. The van der Waals surface area contributed by atoms with Gasteiger partial charge in [-0.2, -0.15) is 0 Å². The summed E-state index contributed by atoms with van der Waals surface area (Å²) in [6, 6.07) is 10.5. The summed E-state index contributed by atoms with van der Waals surface area (Å²) in [6.07, 6.45) is 0. The maximum Gasteiger partial charge on any atom is 0.252 e. The lowest BCUT2D eigenvalue weighted by molar-refractivity contribution is 0.0996. The molecular formula is C14H11ClFNO2. The third-order valence-corrected chi connectivity index (χ3v) is 2.75. The Balaban J connectivity index is 2.15. The molecular weight excluding hydrogens is 269 g/mol. The highest BCUT2D eigenvalue weighted by molar-refractivity contribution is 6.31. The highest BCUT2D eigenvalue weighted by atomic mass is 35.5. The minimum atomic E-state index is -0.614. The first-order valence-corrected chi connectivity index (χ1v) is 5.90. The molecule has 0 bridgehead atoms. The highest BCUT2D eigenvalue weighted by Gasteiger charge is 2.10. The van der Waals surface area contributed by atoms with Crippen molar-refractivity contribution in [3.8, 4) is 5.75 Å². The summed E-state index contributed by atoms with van der Waals surface area (Å²) >= 11 is 5.79. The molecule has 0 atom stereocenters. The molecule has 1 amide bonds. The second-order valence-corrected chi connectivity index (χ2v) is 4.36. The van der Waals surface area contributed by atoms with E-state index in [0.717, 1.165) is 5.56 Å². The number of hydrogen-bond donors (Lipinski definition) is 1. The van der Waals surface area contributed by atoms with E-state index in [1.165, 1.54) is 18.2 Å². The molecule has 0 unspecified atom stereocenters. The van der Waals surface area contributed by atoms with E-state index in [1.54, 1.807) is 24.3 Å². The second kappa shape index (κ2) is 5.71. The van der Waals surface area contributed by atoms with Crippen molar-refractivity contribution in [2.45, 2.75) is 6.61 Å². The van der Waals surface area contributed by atoms with Gasteiger partial charge < -0.3 is 10.5 Å². The Morgan fingerprint density at radius 3 is 2.53 bits per heavy atom. The van der Waals surface area contributed by atoms with E-state index < -0.39 is 5.91 Å². The van der Waals surface area contributed by atoms with Gasteiger partial charge in [-0.1, -0.05) is 23.7 Å². The Labute approximate surface area is 114 Å². The average Bonchev–Trinajstić information content (AvgIpc) is 2.39. The number of rotatable bonds is 4. The molecule has 0 aromatic heterocycles. The fourth-order valence-corrected chi connectivity index (χ4v) is 1.73. The summed E-state index contributed by atoms with van der Waals surface area (Å²) in [5, 5.41) is 0.405. The average molecular weight is 280 g/mol. The van der Waals surface area contributed by atoms with Gasteiger partial charge in [0.05, 0.1) is 5.56 Å². The predicted octanol–water partition coefficient (Wildman–Crippen LogP) is 3.16. The van der Waals surface area contributed by atoms with Crippen LogP contribution < -0.4 is 10.5 Å². The number of amides is 1. The van der Waals surface area contributed by atoms with Crippen LogP contribution in [-0.2, 0) is 6.61 Å². The smallest absolute Gasteiger partial charge is 0.252 e. The van der Waals surface area contributed by atoms with Crippen molar-refractivity contribution in [1.82, 2.24) is 0 Å². The van der Waals surface area contributed by atoms with Gasteiger partial charge in [0.15, 0.2) is 0 Å². The van der Waals surface area contributed by atoms with E-state index in [1.807, 2.05) is 0 Å². The van der Waals surface area contributed by atoms with E-state index >= 15 is 0 Å². The first-order valence-electron chi connectivity index (χ1n) is 5.53. The highest BCUT2D eigenvalue weighted by Crippen LogP contribution is 2.23. The number of carbonyl (C=O) groups is 1. The molecule has 0 saturated carbocycles. The number of carbonyl (C=O) groups excluding carboxylic acids is 1. The number of hydrogen-bond acceptors (Lipinski definition) is 2. The van der Waals surface area contributed by atoms with Gasteiger partial charge in [-0.05, 0) is 35.9 Å². The summed E-state index contributed by atoms with van der Waals surface area (Å²) in [5.41, 5.74) is 6.25. The summed E-state index contributed by atoms with van der Waals surface area (Å²) in [4.78, 5) is 11.3. The van der Waals surface area contributed by atoms with Crippen LogP contribution in [0.15, 0.2) is 42.5 Å². The molecule has 0 aliphatic heterocycles. The van der Waals surface area contributed by atoms with Crippen molar-refractivity contribution in [1.29, 1.82) is 0 Å². The van der Waals surface area contributed by atoms with Crippen molar-refractivity contribution >= 4 is 17.5 Å². The number of benzene rings is 2. The summed E-state index contributed by atoms with van der Waals surface area (Å²) in [5.74, 6) is -0.578. The molecule has 2 aromatic rings. The van der Waals surface area contributed by atoms with E-state index in [-0.39, 0.29) is 18.0 Å². The first kappa shape index (κ1) is 13.4. The fraction of sp³-hybridized carbons (Fsp3) is 0.0714. The van der Waals surface area contributed by atoms with Crippen LogP contribution in [0.2, 0.25) is 5.02 Å². The van der Waals surface area contributed by atoms with Crippen molar-refractivity contribution < 1.29 is 13.9 Å². The van der Waals surface area contributed by atoms with Gasteiger partial charge in [-0.3, -0.25) is 4.79 Å². The Morgan fingerprint density at radius 1 is 1.21 bits per heavy atom. The molecule has 0 radical (unpaired) electrons. The largest absolute Gasteiger partial charge is 0.488 e. The first-order chi connectivity index (χ1) is 9.06. The Bertz CT molecular complexity index is 599. The molecule has 5 heteroatoms. The number of nitrogens with two attached hydrogens (primary N) is 1.